The predicted octanol–water partition coefficient (Wildman–Crippen LogP) is 4.84. The fourth-order valence-electron chi connectivity index (χ4n) is 1.90. The van der Waals surface area contributed by atoms with E-state index in [1.165, 1.54) is 62.7 Å². The number of aromatic nitrogens is 1. The molecule has 1 aromatic rings. The smallest absolute Gasteiger partial charge is 0.178 e. The van der Waals surface area contributed by atoms with Gasteiger partial charge in [-0.3, -0.25) is 4.79 Å². The van der Waals surface area contributed by atoms with Gasteiger partial charge in [0.25, 0.3) is 0 Å². The highest BCUT2D eigenvalue weighted by molar-refractivity contribution is 7.11. The lowest BCUT2D eigenvalue weighted by Crippen LogP contribution is -1.80. The third kappa shape index (κ3) is 7.79. The molecule has 0 aliphatic rings. The van der Waals surface area contributed by atoms with E-state index in [1.54, 1.807) is 0 Å². The Morgan fingerprint density at radius 1 is 1.16 bits per heavy atom. The van der Waals surface area contributed by atoms with Gasteiger partial charge in [-0.1, -0.05) is 57.8 Å². The second kappa shape index (κ2) is 10.8. The molecule has 0 saturated carbocycles. The summed E-state index contributed by atoms with van der Waals surface area (Å²) in [4.78, 5) is 14.5. The minimum absolute atomic E-state index is 0.511. The van der Waals surface area contributed by atoms with Crippen molar-refractivity contribution in [2.24, 2.45) is 0 Å². The molecule has 0 spiro atoms. The average Bonchev–Trinajstić information content (AvgIpc) is 2.89. The van der Waals surface area contributed by atoms with Gasteiger partial charge in [-0.15, -0.1) is 11.3 Å². The Kier molecular flexibility index (Phi) is 9.01. The van der Waals surface area contributed by atoms with E-state index in [4.69, 9.17) is 0 Å². The van der Waals surface area contributed by atoms with Crippen molar-refractivity contribution in [2.75, 3.05) is 0 Å². The Balaban J connectivity index is 2.00. The van der Waals surface area contributed by atoms with Crippen LogP contribution in [0.1, 0.15) is 80.2 Å². The average molecular weight is 277 g/mol. The summed E-state index contributed by atoms with van der Waals surface area (Å²) in [6, 6.07) is 0. The maximum absolute atomic E-state index is 10.5. The molecule has 0 aromatic carbocycles. The molecule has 0 radical (unpaired) electrons. The summed E-state index contributed by atoms with van der Waals surface area (Å²) in [6.45, 7) is 2.25. The van der Waals surface area contributed by atoms with Gasteiger partial charge in [0.15, 0.2) is 11.3 Å². The molecule has 0 unspecified atom stereocenters. The highest BCUT2D eigenvalue weighted by Gasteiger charge is 1.96. The Labute approximate surface area is 120 Å². The normalized spacial score (nSPS) is 9.95. The molecule has 0 saturated heterocycles. The Morgan fingerprint density at radius 3 is 2.47 bits per heavy atom. The Hall–Kier alpha value is -1.14. The molecule has 0 atom stereocenters. The molecule has 0 bridgehead atoms. The van der Waals surface area contributed by atoms with Gasteiger partial charge in [0, 0.05) is 11.8 Å². The van der Waals surface area contributed by atoms with Crippen LogP contribution in [0.5, 0.6) is 0 Å². The summed E-state index contributed by atoms with van der Waals surface area (Å²) in [7, 11) is 0. The summed E-state index contributed by atoms with van der Waals surface area (Å²) < 4.78 is 0. The van der Waals surface area contributed by atoms with Crippen molar-refractivity contribution in [1.29, 1.82) is 0 Å². The molecule has 0 aliphatic heterocycles. The number of hydrogen-bond donors (Lipinski definition) is 0. The Bertz CT molecular complexity index is 414. The number of aldehydes is 1. The van der Waals surface area contributed by atoms with E-state index < -0.39 is 0 Å². The van der Waals surface area contributed by atoms with Gasteiger partial charge >= 0.3 is 0 Å². The minimum atomic E-state index is 0.511. The summed E-state index contributed by atoms with van der Waals surface area (Å²) in [5.74, 6) is 6.14. The zero-order chi connectivity index (χ0) is 13.8. The van der Waals surface area contributed by atoms with Gasteiger partial charge in [-0.2, -0.15) is 0 Å². The summed E-state index contributed by atoms with van der Waals surface area (Å²) in [5, 5.41) is 2.35. The highest BCUT2D eigenvalue weighted by atomic mass is 32.1. The van der Waals surface area contributed by atoms with Crippen molar-refractivity contribution in [2.45, 2.75) is 64.7 Å². The van der Waals surface area contributed by atoms with Gasteiger partial charge in [0.05, 0.1) is 0 Å². The van der Waals surface area contributed by atoms with Crippen LogP contribution in [-0.4, -0.2) is 11.3 Å². The number of hydrogen-bond acceptors (Lipinski definition) is 3. The van der Waals surface area contributed by atoms with Gasteiger partial charge in [-0.05, 0) is 12.3 Å². The second-order valence-electron chi connectivity index (χ2n) is 4.72. The van der Waals surface area contributed by atoms with Crippen LogP contribution in [0.25, 0.3) is 0 Å². The molecule has 3 heteroatoms. The molecule has 1 rings (SSSR count). The number of unbranched alkanes of at least 4 members (excludes halogenated alkanes) is 8. The zero-order valence-electron chi connectivity index (χ0n) is 11.8. The van der Waals surface area contributed by atoms with Gasteiger partial charge in [-0.25, -0.2) is 4.98 Å². The molecule has 1 heterocycles. The number of nitrogens with zero attached hydrogens (tertiary/aromatic N) is 1. The molecule has 0 N–H and O–H groups in total. The SMILES string of the molecule is CCCCCCCCCCC#Cc1csc(C=O)n1. The first-order valence-corrected chi connectivity index (χ1v) is 8.14. The first-order valence-electron chi connectivity index (χ1n) is 7.26. The highest BCUT2D eigenvalue weighted by Crippen LogP contribution is 2.09. The summed E-state index contributed by atoms with van der Waals surface area (Å²) >= 11 is 1.35. The van der Waals surface area contributed by atoms with Crippen molar-refractivity contribution in [3.63, 3.8) is 0 Å². The molecule has 0 amide bonds. The van der Waals surface area contributed by atoms with Crippen LogP contribution in [0.3, 0.4) is 0 Å². The molecular formula is C16H23NOS. The predicted molar refractivity (Wildman–Crippen MR) is 81.6 cm³/mol. The fraction of sp³-hybridized carbons (Fsp3) is 0.625. The number of carbonyl (C=O) groups is 1. The zero-order valence-corrected chi connectivity index (χ0v) is 12.6. The third-order valence-corrected chi connectivity index (χ3v) is 3.76. The summed E-state index contributed by atoms with van der Waals surface area (Å²) in [5.41, 5.74) is 0.728. The van der Waals surface area contributed by atoms with Crippen LogP contribution in [0.2, 0.25) is 0 Å². The van der Waals surface area contributed by atoms with Crippen molar-refractivity contribution in [3.05, 3.63) is 16.1 Å². The maximum Gasteiger partial charge on any atom is 0.178 e. The topological polar surface area (TPSA) is 30.0 Å². The largest absolute Gasteiger partial charge is 0.295 e. The van der Waals surface area contributed by atoms with E-state index in [2.05, 4.69) is 23.7 Å². The molecule has 19 heavy (non-hydrogen) atoms. The Morgan fingerprint density at radius 2 is 1.84 bits per heavy atom. The van der Waals surface area contributed by atoms with Gasteiger partial charge in [0.1, 0.15) is 5.69 Å². The second-order valence-corrected chi connectivity index (χ2v) is 5.61. The quantitative estimate of drug-likeness (QED) is 0.367. The molecule has 104 valence electrons. The van der Waals surface area contributed by atoms with Crippen LogP contribution in [-0.2, 0) is 0 Å². The lowest BCUT2D eigenvalue weighted by molar-refractivity contribution is 0.112. The van der Waals surface area contributed by atoms with Crippen LogP contribution in [0.4, 0.5) is 0 Å². The first-order chi connectivity index (χ1) is 9.36. The van der Waals surface area contributed by atoms with E-state index in [9.17, 15) is 4.79 Å². The molecule has 2 nitrogen and oxygen atoms in total. The van der Waals surface area contributed by atoms with E-state index in [0.717, 1.165) is 18.4 Å². The molecule has 1 aromatic heterocycles. The fourth-order valence-corrected chi connectivity index (χ4v) is 2.45. The van der Waals surface area contributed by atoms with Crippen molar-refractivity contribution in [1.82, 2.24) is 4.98 Å². The molecular weight excluding hydrogens is 254 g/mol. The van der Waals surface area contributed by atoms with E-state index >= 15 is 0 Å². The lowest BCUT2D eigenvalue weighted by Gasteiger charge is -1.99. The number of carbonyl (C=O) groups excluding carboxylic acids is 1. The monoisotopic (exact) mass is 277 g/mol. The third-order valence-electron chi connectivity index (χ3n) is 2.99. The standard InChI is InChI=1S/C16H23NOS/c1-2-3-4-5-6-7-8-9-10-11-12-15-14-19-16(13-18)17-15/h13-14H,2-10H2,1H3. The van der Waals surface area contributed by atoms with Crippen LogP contribution < -0.4 is 0 Å². The van der Waals surface area contributed by atoms with E-state index in [0.29, 0.717) is 5.01 Å². The molecule has 0 aliphatic carbocycles. The van der Waals surface area contributed by atoms with Crippen LogP contribution in [0.15, 0.2) is 5.38 Å². The van der Waals surface area contributed by atoms with Crippen LogP contribution in [0, 0.1) is 11.8 Å². The van der Waals surface area contributed by atoms with Crippen molar-refractivity contribution < 1.29 is 4.79 Å². The lowest BCUT2D eigenvalue weighted by atomic mass is 10.1. The van der Waals surface area contributed by atoms with Crippen molar-refractivity contribution >= 4 is 17.6 Å². The molecule has 0 fully saturated rings. The van der Waals surface area contributed by atoms with E-state index in [-0.39, 0.29) is 0 Å². The van der Waals surface area contributed by atoms with Gasteiger partial charge in [0.2, 0.25) is 0 Å². The maximum atomic E-state index is 10.5. The van der Waals surface area contributed by atoms with E-state index in [1.807, 2.05) is 5.38 Å². The van der Waals surface area contributed by atoms with Gasteiger partial charge < -0.3 is 0 Å². The number of rotatable bonds is 9. The van der Waals surface area contributed by atoms with Crippen LogP contribution >= 0.6 is 11.3 Å². The first kappa shape index (κ1) is 15.9. The summed E-state index contributed by atoms with van der Waals surface area (Å²) in [6.07, 6.45) is 12.3. The number of thiazole rings is 1. The van der Waals surface area contributed by atoms with Crippen molar-refractivity contribution in [3.8, 4) is 11.8 Å². The minimum Gasteiger partial charge on any atom is -0.295 e.